The highest BCUT2D eigenvalue weighted by atomic mass is 35.5. The number of hydrogen-bond acceptors (Lipinski definition) is 8. The summed E-state index contributed by atoms with van der Waals surface area (Å²) in [6.45, 7) is 1.81. The van der Waals surface area contributed by atoms with Crippen molar-refractivity contribution < 1.29 is 9.47 Å². The SMILES string of the molecule is COc1nc(SC)ncc1Cn1cnc(C)c(Oc2cc(Cl)cc(C#N)c2)c1=O. The number of nitrogens with zero attached hydrogens (tertiary/aromatic N) is 5. The van der Waals surface area contributed by atoms with Crippen LogP contribution in [0.15, 0.2) is 40.7 Å². The van der Waals surface area contributed by atoms with E-state index in [-0.39, 0.29) is 18.0 Å². The van der Waals surface area contributed by atoms with E-state index in [0.29, 0.717) is 32.9 Å². The molecule has 1 aromatic carbocycles. The van der Waals surface area contributed by atoms with E-state index >= 15 is 0 Å². The van der Waals surface area contributed by atoms with Gasteiger partial charge < -0.3 is 9.47 Å². The van der Waals surface area contributed by atoms with Gasteiger partial charge in [-0.15, -0.1) is 0 Å². The molecule has 0 atom stereocenters. The molecule has 0 aliphatic heterocycles. The third-order valence-corrected chi connectivity index (χ3v) is 4.69. The van der Waals surface area contributed by atoms with Gasteiger partial charge in [-0.3, -0.25) is 9.36 Å². The normalized spacial score (nSPS) is 10.4. The summed E-state index contributed by atoms with van der Waals surface area (Å²) in [5.74, 6) is 0.700. The molecule has 2 heterocycles. The van der Waals surface area contributed by atoms with Crippen molar-refractivity contribution in [2.24, 2.45) is 0 Å². The summed E-state index contributed by atoms with van der Waals surface area (Å²) in [7, 11) is 1.51. The molecule has 0 aliphatic rings. The summed E-state index contributed by atoms with van der Waals surface area (Å²) in [6, 6.07) is 6.53. The number of methoxy groups -OCH3 is 1. The van der Waals surface area contributed by atoms with Crippen molar-refractivity contribution >= 4 is 23.4 Å². The Morgan fingerprint density at radius 3 is 2.79 bits per heavy atom. The predicted molar refractivity (Wildman–Crippen MR) is 109 cm³/mol. The molecule has 0 spiro atoms. The second-order valence-electron chi connectivity index (χ2n) is 5.87. The molecule has 0 aliphatic carbocycles. The van der Waals surface area contributed by atoms with Crippen molar-refractivity contribution in [3.8, 4) is 23.4 Å². The third-order valence-electron chi connectivity index (χ3n) is 3.91. The number of aryl methyl sites for hydroxylation is 1. The summed E-state index contributed by atoms with van der Waals surface area (Å²) in [6.07, 6.45) is 4.89. The molecule has 0 fully saturated rings. The van der Waals surface area contributed by atoms with Crippen LogP contribution in [0.5, 0.6) is 17.4 Å². The Morgan fingerprint density at radius 1 is 1.31 bits per heavy atom. The van der Waals surface area contributed by atoms with Crippen molar-refractivity contribution in [2.45, 2.75) is 18.6 Å². The maximum Gasteiger partial charge on any atom is 0.296 e. The lowest BCUT2D eigenvalue weighted by molar-refractivity contribution is 0.384. The van der Waals surface area contributed by atoms with Crippen LogP contribution >= 0.6 is 23.4 Å². The van der Waals surface area contributed by atoms with Crippen LogP contribution in [0.3, 0.4) is 0 Å². The summed E-state index contributed by atoms with van der Waals surface area (Å²) in [4.78, 5) is 25.7. The number of nitriles is 1. The first-order valence-corrected chi connectivity index (χ1v) is 9.94. The second kappa shape index (κ2) is 8.94. The monoisotopic (exact) mass is 429 g/mol. The third kappa shape index (κ3) is 4.67. The molecule has 0 unspecified atom stereocenters. The van der Waals surface area contributed by atoms with Crippen LogP contribution in [-0.2, 0) is 6.54 Å². The average Bonchev–Trinajstić information content (AvgIpc) is 2.72. The molecular weight excluding hydrogens is 414 g/mol. The van der Waals surface area contributed by atoms with Crippen molar-refractivity contribution in [1.82, 2.24) is 19.5 Å². The van der Waals surface area contributed by atoms with Crippen LogP contribution in [0, 0.1) is 18.3 Å². The summed E-state index contributed by atoms with van der Waals surface area (Å²) >= 11 is 7.40. The van der Waals surface area contributed by atoms with Crippen LogP contribution in [0.4, 0.5) is 0 Å². The molecule has 0 N–H and O–H groups in total. The van der Waals surface area contributed by atoms with Gasteiger partial charge in [0, 0.05) is 11.2 Å². The standard InChI is InChI=1S/C19H16ClN5O3S/c1-11-16(28-15-5-12(7-21)4-14(20)6-15)18(26)25(10-23-11)9-13-8-22-19(29-3)24-17(13)27-2/h4-6,8,10H,9H2,1-3H3. The minimum Gasteiger partial charge on any atom is -0.481 e. The fourth-order valence-electron chi connectivity index (χ4n) is 2.53. The van der Waals surface area contributed by atoms with Gasteiger partial charge in [0.15, 0.2) is 5.16 Å². The van der Waals surface area contributed by atoms with Gasteiger partial charge in [-0.25, -0.2) is 9.97 Å². The molecule has 148 valence electrons. The van der Waals surface area contributed by atoms with E-state index in [2.05, 4.69) is 15.0 Å². The van der Waals surface area contributed by atoms with Gasteiger partial charge in [-0.05, 0) is 31.4 Å². The van der Waals surface area contributed by atoms with Crippen LogP contribution in [-0.4, -0.2) is 32.9 Å². The minimum absolute atomic E-state index is 0.0410. The molecule has 3 rings (SSSR count). The Morgan fingerprint density at radius 2 is 2.10 bits per heavy atom. The Bertz CT molecular complexity index is 1160. The topological polar surface area (TPSA) is 103 Å². The van der Waals surface area contributed by atoms with Crippen molar-refractivity contribution in [3.63, 3.8) is 0 Å². The minimum atomic E-state index is -0.396. The number of benzene rings is 1. The van der Waals surface area contributed by atoms with E-state index in [4.69, 9.17) is 26.3 Å². The number of ether oxygens (including phenoxy) is 2. The van der Waals surface area contributed by atoms with Gasteiger partial charge in [0.2, 0.25) is 11.6 Å². The van der Waals surface area contributed by atoms with Gasteiger partial charge in [0.05, 0.1) is 42.9 Å². The summed E-state index contributed by atoms with van der Waals surface area (Å²) < 4.78 is 12.4. The lowest BCUT2D eigenvalue weighted by atomic mass is 10.2. The van der Waals surface area contributed by atoms with Crippen LogP contribution in [0.2, 0.25) is 5.02 Å². The largest absolute Gasteiger partial charge is 0.481 e. The van der Waals surface area contributed by atoms with Gasteiger partial charge in [-0.1, -0.05) is 23.4 Å². The molecule has 0 amide bonds. The molecule has 10 heteroatoms. The van der Waals surface area contributed by atoms with E-state index in [1.54, 1.807) is 13.1 Å². The fraction of sp³-hybridized carbons (Fsp3) is 0.211. The molecule has 0 saturated carbocycles. The number of thioether (sulfide) groups is 1. The molecule has 2 aromatic heterocycles. The number of halogens is 1. The van der Waals surface area contributed by atoms with Crippen LogP contribution in [0.1, 0.15) is 16.8 Å². The van der Waals surface area contributed by atoms with Gasteiger partial charge in [0.25, 0.3) is 5.56 Å². The fourth-order valence-corrected chi connectivity index (χ4v) is 3.09. The summed E-state index contributed by atoms with van der Waals surface area (Å²) in [5, 5.41) is 9.99. The predicted octanol–water partition coefficient (Wildman–Crippen LogP) is 3.44. The number of aromatic nitrogens is 4. The Balaban J connectivity index is 1.97. The molecular formula is C19H16ClN5O3S. The van der Waals surface area contributed by atoms with Crippen molar-refractivity contribution in [1.29, 1.82) is 5.26 Å². The molecule has 3 aromatic rings. The molecule has 0 saturated heterocycles. The molecule has 8 nitrogen and oxygen atoms in total. The Labute approximate surface area is 176 Å². The first-order valence-electron chi connectivity index (χ1n) is 8.33. The summed E-state index contributed by atoms with van der Waals surface area (Å²) in [5.41, 5.74) is 0.960. The highest BCUT2D eigenvalue weighted by molar-refractivity contribution is 7.98. The maximum absolute atomic E-state index is 13.0. The van der Waals surface area contributed by atoms with Gasteiger partial charge in [-0.2, -0.15) is 10.2 Å². The van der Waals surface area contributed by atoms with Crippen LogP contribution < -0.4 is 15.0 Å². The first-order chi connectivity index (χ1) is 13.9. The van der Waals surface area contributed by atoms with E-state index in [9.17, 15) is 4.79 Å². The zero-order chi connectivity index (χ0) is 21.0. The van der Waals surface area contributed by atoms with Crippen molar-refractivity contribution in [3.05, 3.63) is 62.9 Å². The van der Waals surface area contributed by atoms with Crippen molar-refractivity contribution in [2.75, 3.05) is 13.4 Å². The Kier molecular flexibility index (Phi) is 6.36. The molecule has 0 radical (unpaired) electrons. The van der Waals surface area contributed by atoms with Crippen LogP contribution in [0.25, 0.3) is 0 Å². The zero-order valence-corrected chi connectivity index (χ0v) is 17.4. The smallest absolute Gasteiger partial charge is 0.296 e. The number of hydrogen-bond donors (Lipinski definition) is 0. The number of rotatable bonds is 6. The highest BCUT2D eigenvalue weighted by Gasteiger charge is 2.15. The van der Waals surface area contributed by atoms with Gasteiger partial charge in [0.1, 0.15) is 5.75 Å². The maximum atomic E-state index is 13.0. The lowest BCUT2D eigenvalue weighted by Crippen LogP contribution is -2.23. The quantitative estimate of drug-likeness (QED) is 0.433. The first kappa shape index (κ1) is 20.6. The highest BCUT2D eigenvalue weighted by Crippen LogP contribution is 2.26. The lowest BCUT2D eigenvalue weighted by Gasteiger charge is -2.13. The van der Waals surface area contributed by atoms with Gasteiger partial charge >= 0.3 is 0 Å². The van der Waals surface area contributed by atoms with E-state index in [1.807, 2.05) is 12.3 Å². The zero-order valence-electron chi connectivity index (χ0n) is 15.8. The Hall–Kier alpha value is -3.09. The van der Waals surface area contributed by atoms with E-state index < -0.39 is 5.56 Å². The second-order valence-corrected chi connectivity index (χ2v) is 7.08. The van der Waals surface area contributed by atoms with E-state index in [1.165, 1.54) is 48.0 Å². The molecule has 0 bridgehead atoms. The molecule has 29 heavy (non-hydrogen) atoms. The van der Waals surface area contributed by atoms with E-state index in [0.717, 1.165) is 0 Å². The average molecular weight is 430 g/mol.